The highest BCUT2D eigenvalue weighted by Crippen LogP contribution is 2.25. The van der Waals surface area contributed by atoms with Crippen molar-refractivity contribution in [2.45, 2.75) is 33.7 Å². The van der Waals surface area contributed by atoms with Crippen LogP contribution in [0, 0.1) is 31.0 Å². The van der Waals surface area contributed by atoms with Gasteiger partial charge in [0.05, 0.1) is 11.6 Å². The van der Waals surface area contributed by atoms with E-state index in [1.807, 2.05) is 19.9 Å². The van der Waals surface area contributed by atoms with Gasteiger partial charge in [-0.25, -0.2) is 4.39 Å². The Morgan fingerprint density at radius 2 is 1.95 bits per heavy atom. The Kier molecular flexibility index (Phi) is 4.28. The van der Waals surface area contributed by atoms with Crippen LogP contribution >= 0.6 is 0 Å². The molecule has 0 spiro atoms. The van der Waals surface area contributed by atoms with Crippen molar-refractivity contribution < 1.29 is 4.39 Å². The summed E-state index contributed by atoms with van der Waals surface area (Å²) in [7, 11) is 0. The highest BCUT2D eigenvalue weighted by atomic mass is 19.1. The molecule has 0 unspecified atom stereocenters. The van der Waals surface area contributed by atoms with Crippen molar-refractivity contribution in [1.29, 1.82) is 5.26 Å². The summed E-state index contributed by atoms with van der Waals surface area (Å²) in [6.07, 6.45) is 1.76. The van der Waals surface area contributed by atoms with Crippen LogP contribution in [0.5, 0.6) is 0 Å². The van der Waals surface area contributed by atoms with Crippen LogP contribution < -0.4 is 0 Å². The second-order valence-electron chi connectivity index (χ2n) is 5.44. The van der Waals surface area contributed by atoms with Gasteiger partial charge in [0, 0.05) is 23.0 Å². The number of allylic oxidation sites excluding steroid dienone is 1. The fraction of sp³-hybridized carbons (Fsp3) is 0.278. The molecule has 1 aromatic heterocycles. The molecule has 0 atom stereocenters. The van der Waals surface area contributed by atoms with Crippen molar-refractivity contribution in [2.75, 3.05) is 0 Å². The average Bonchev–Trinajstić information content (AvgIpc) is 2.71. The van der Waals surface area contributed by atoms with E-state index in [9.17, 15) is 9.65 Å². The lowest BCUT2D eigenvalue weighted by molar-refractivity contribution is 0.574. The van der Waals surface area contributed by atoms with E-state index in [1.54, 1.807) is 24.3 Å². The van der Waals surface area contributed by atoms with Gasteiger partial charge < -0.3 is 4.57 Å². The maximum absolute atomic E-state index is 13.8. The van der Waals surface area contributed by atoms with Crippen LogP contribution in [0.4, 0.5) is 4.39 Å². The lowest BCUT2D eigenvalue weighted by atomic mass is 10.0. The van der Waals surface area contributed by atoms with Gasteiger partial charge in [-0.1, -0.05) is 18.2 Å². The molecule has 2 aromatic rings. The molecule has 0 saturated heterocycles. The molecular formula is C18H19FN2. The summed E-state index contributed by atoms with van der Waals surface area (Å²) in [6.45, 7) is 8.31. The van der Waals surface area contributed by atoms with Gasteiger partial charge in [-0.15, -0.1) is 0 Å². The predicted molar refractivity (Wildman–Crippen MR) is 84.2 cm³/mol. The summed E-state index contributed by atoms with van der Waals surface area (Å²) in [5.74, 6) is -0.372. The quantitative estimate of drug-likeness (QED) is 0.737. The van der Waals surface area contributed by atoms with Crippen LogP contribution in [0.25, 0.3) is 11.6 Å². The van der Waals surface area contributed by atoms with Crippen LogP contribution in [-0.2, 0) is 0 Å². The largest absolute Gasteiger partial charge is 0.346 e. The van der Waals surface area contributed by atoms with Gasteiger partial charge in [0.2, 0.25) is 0 Å². The van der Waals surface area contributed by atoms with Gasteiger partial charge in [0.15, 0.2) is 0 Å². The lowest BCUT2D eigenvalue weighted by Crippen LogP contribution is -2.04. The molecule has 0 amide bonds. The Bertz CT molecular complexity index is 730. The third-order valence-corrected chi connectivity index (χ3v) is 3.62. The summed E-state index contributed by atoms with van der Waals surface area (Å²) >= 11 is 0. The third-order valence-electron chi connectivity index (χ3n) is 3.62. The molecule has 0 fully saturated rings. The predicted octanol–water partition coefficient (Wildman–Crippen LogP) is 4.89. The summed E-state index contributed by atoms with van der Waals surface area (Å²) in [5.41, 5.74) is 3.87. The second kappa shape index (κ2) is 5.97. The fourth-order valence-electron chi connectivity index (χ4n) is 2.75. The zero-order chi connectivity index (χ0) is 15.6. The van der Waals surface area contributed by atoms with Crippen molar-refractivity contribution in [2.24, 2.45) is 0 Å². The lowest BCUT2D eigenvalue weighted by Gasteiger charge is -2.13. The fourth-order valence-corrected chi connectivity index (χ4v) is 2.75. The first-order valence-electron chi connectivity index (χ1n) is 7.00. The molecule has 2 rings (SSSR count). The van der Waals surface area contributed by atoms with Crippen LogP contribution in [0.3, 0.4) is 0 Å². The molecule has 0 aliphatic heterocycles. The molecule has 0 N–H and O–H groups in total. The number of aromatic nitrogens is 1. The first-order chi connectivity index (χ1) is 9.95. The molecule has 0 saturated carbocycles. The average molecular weight is 282 g/mol. The van der Waals surface area contributed by atoms with E-state index in [-0.39, 0.29) is 5.82 Å². The van der Waals surface area contributed by atoms with Crippen molar-refractivity contribution in [3.63, 3.8) is 0 Å². The number of hydrogen-bond acceptors (Lipinski definition) is 1. The van der Waals surface area contributed by atoms with Gasteiger partial charge in [-0.2, -0.15) is 5.26 Å². The molecule has 21 heavy (non-hydrogen) atoms. The normalized spacial score (nSPS) is 11.8. The molecule has 0 aliphatic carbocycles. The van der Waals surface area contributed by atoms with Crippen molar-refractivity contribution in [1.82, 2.24) is 4.57 Å². The molecule has 0 bridgehead atoms. The number of hydrogen-bond donors (Lipinski definition) is 0. The molecule has 3 heteroatoms. The highest BCUT2D eigenvalue weighted by Gasteiger charge is 2.12. The molecule has 1 aromatic carbocycles. The number of nitrogens with zero attached hydrogens (tertiary/aromatic N) is 2. The first kappa shape index (κ1) is 15.1. The number of nitriles is 1. The van der Waals surface area contributed by atoms with Gasteiger partial charge in [0.1, 0.15) is 5.82 Å². The number of halogens is 1. The van der Waals surface area contributed by atoms with Gasteiger partial charge in [-0.05, 0) is 51.5 Å². The van der Waals surface area contributed by atoms with E-state index in [0.717, 1.165) is 17.0 Å². The van der Waals surface area contributed by atoms with E-state index < -0.39 is 0 Å². The van der Waals surface area contributed by atoms with Gasteiger partial charge in [-0.3, -0.25) is 0 Å². The van der Waals surface area contributed by atoms with Crippen LogP contribution in [0.15, 0.2) is 30.3 Å². The van der Waals surface area contributed by atoms with E-state index in [4.69, 9.17) is 0 Å². The van der Waals surface area contributed by atoms with E-state index in [2.05, 4.69) is 24.5 Å². The summed E-state index contributed by atoms with van der Waals surface area (Å²) in [5, 5.41) is 9.35. The Morgan fingerprint density at radius 1 is 1.29 bits per heavy atom. The van der Waals surface area contributed by atoms with Gasteiger partial charge in [0.25, 0.3) is 0 Å². The Labute approximate surface area is 125 Å². The van der Waals surface area contributed by atoms with Crippen molar-refractivity contribution >= 4 is 11.6 Å². The smallest absolute Gasteiger partial charge is 0.131 e. The Hall–Kier alpha value is -2.34. The molecule has 0 radical (unpaired) electrons. The van der Waals surface area contributed by atoms with Gasteiger partial charge >= 0.3 is 0 Å². The summed E-state index contributed by atoms with van der Waals surface area (Å²) < 4.78 is 16.1. The van der Waals surface area contributed by atoms with E-state index >= 15 is 0 Å². The zero-order valence-electron chi connectivity index (χ0n) is 12.8. The number of benzene rings is 1. The Balaban J connectivity index is 2.55. The molecular weight excluding hydrogens is 263 g/mol. The third kappa shape index (κ3) is 2.90. The molecule has 0 aliphatic rings. The monoisotopic (exact) mass is 282 g/mol. The van der Waals surface area contributed by atoms with E-state index in [0.29, 0.717) is 17.2 Å². The van der Waals surface area contributed by atoms with E-state index in [1.165, 1.54) is 6.07 Å². The summed E-state index contributed by atoms with van der Waals surface area (Å²) in [4.78, 5) is 0. The SMILES string of the molecule is Cc1cc(C=C(C#N)c2ccccc2F)c(C)n1C(C)C. The highest BCUT2D eigenvalue weighted by molar-refractivity contribution is 5.90. The molecule has 108 valence electrons. The molecule has 1 heterocycles. The first-order valence-corrected chi connectivity index (χ1v) is 7.00. The maximum atomic E-state index is 13.8. The van der Waals surface area contributed by atoms with Crippen molar-refractivity contribution in [3.05, 3.63) is 58.7 Å². The zero-order valence-corrected chi connectivity index (χ0v) is 12.8. The van der Waals surface area contributed by atoms with Crippen LogP contribution in [-0.4, -0.2) is 4.57 Å². The topological polar surface area (TPSA) is 28.7 Å². The van der Waals surface area contributed by atoms with Crippen LogP contribution in [0.2, 0.25) is 0 Å². The minimum absolute atomic E-state index is 0.342. The Morgan fingerprint density at radius 3 is 2.48 bits per heavy atom. The number of aryl methyl sites for hydroxylation is 1. The summed E-state index contributed by atoms with van der Waals surface area (Å²) in [6, 6.07) is 10.9. The molecule has 2 nitrogen and oxygen atoms in total. The standard InChI is InChI=1S/C18H19FN2/c1-12(2)21-13(3)9-15(14(21)4)10-16(11-20)17-7-5-6-8-18(17)19/h5-10,12H,1-4H3. The minimum atomic E-state index is -0.372. The van der Waals surface area contributed by atoms with Crippen LogP contribution in [0.1, 0.15) is 42.4 Å². The second-order valence-corrected chi connectivity index (χ2v) is 5.44. The minimum Gasteiger partial charge on any atom is -0.346 e. The number of rotatable bonds is 3. The van der Waals surface area contributed by atoms with Crippen molar-refractivity contribution in [3.8, 4) is 6.07 Å². The maximum Gasteiger partial charge on any atom is 0.131 e.